The molecule has 0 radical (unpaired) electrons. The topological polar surface area (TPSA) is 75.8 Å². The fourth-order valence-electron chi connectivity index (χ4n) is 2.72. The van der Waals surface area contributed by atoms with Crippen LogP contribution in [-0.4, -0.2) is 34.4 Å². The first-order valence-electron chi connectivity index (χ1n) is 7.72. The number of H-pyrrole nitrogens is 2. The Hall–Kier alpha value is -2.70. The third-order valence-electron chi connectivity index (χ3n) is 4.04. The molecular formula is C18H14Cl2N4O2. The van der Waals surface area contributed by atoms with Gasteiger partial charge < -0.3 is 14.5 Å². The van der Waals surface area contributed by atoms with Crippen molar-refractivity contribution < 1.29 is 9.47 Å². The Bertz CT molecular complexity index is 1060. The number of nitrogens with one attached hydrogen (secondary N) is 2. The van der Waals surface area contributed by atoms with Crippen LogP contribution in [0.2, 0.25) is 10.0 Å². The summed E-state index contributed by atoms with van der Waals surface area (Å²) in [7, 11) is 3.22. The minimum Gasteiger partial charge on any atom is -0.497 e. The van der Waals surface area contributed by atoms with Gasteiger partial charge in [0, 0.05) is 11.6 Å². The van der Waals surface area contributed by atoms with Gasteiger partial charge in [-0.3, -0.25) is 5.10 Å². The van der Waals surface area contributed by atoms with Gasteiger partial charge in [-0.1, -0.05) is 23.2 Å². The zero-order chi connectivity index (χ0) is 18.3. The lowest BCUT2D eigenvalue weighted by Gasteiger charge is -2.08. The van der Waals surface area contributed by atoms with Gasteiger partial charge in [0.1, 0.15) is 17.2 Å². The van der Waals surface area contributed by atoms with E-state index in [1.54, 1.807) is 26.4 Å². The lowest BCUT2D eigenvalue weighted by atomic mass is 10.1. The van der Waals surface area contributed by atoms with Crippen LogP contribution in [0.1, 0.15) is 0 Å². The Labute approximate surface area is 159 Å². The number of hydrogen-bond donors (Lipinski definition) is 2. The summed E-state index contributed by atoms with van der Waals surface area (Å²) in [5, 5.41) is 8.31. The Morgan fingerprint density at radius 1 is 0.962 bits per heavy atom. The van der Waals surface area contributed by atoms with Gasteiger partial charge in [-0.05, 0) is 30.3 Å². The molecule has 0 aliphatic heterocycles. The largest absolute Gasteiger partial charge is 0.497 e. The third kappa shape index (κ3) is 2.87. The number of nitrogens with zero attached hydrogens (tertiary/aromatic N) is 2. The fraction of sp³-hybridized carbons (Fsp3) is 0.111. The van der Waals surface area contributed by atoms with Crippen LogP contribution in [0.3, 0.4) is 0 Å². The SMILES string of the molecule is COc1ccc(-c2cc(-c3nc4cc(Cl)c(Cl)cc4[nH]3)[nH]n2)c(OC)c1. The normalized spacial score (nSPS) is 11.1. The van der Waals surface area contributed by atoms with Crippen LogP contribution in [-0.2, 0) is 0 Å². The molecule has 8 heteroatoms. The smallest absolute Gasteiger partial charge is 0.156 e. The maximum absolute atomic E-state index is 6.06. The number of aromatic nitrogens is 4. The summed E-state index contributed by atoms with van der Waals surface area (Å²) in [5.41, 5.74) is 3.84. The van der Waals surface area contributed by atoms with Crippen LogP contribution >= 0.6 is 23.2 Å². The Morgan fingerprint density at radius 2 is 1.77 bits per heavy atom. The van der Waals surface area contributed by atoms with Gasteiger partial charge in [-0.25, -0.2) is 4.98 Å². The van der Waals surface area contributed by atoms with E-state index in [4.69, 9.17) is 32.7 Å². The molecule has 0 saturated carbocycles. The fourth-order valence-corrected chi connectivity index (χ4v) is 3.05. The monoisotopic (exact) mass is 388 g/mol. The highest BCUT2D eigenvalue weighted by Crippen LogP contribution is 2.34. The van der Waals surface area contributed by atoms with Gasteiger partial charge >= 0.3 is 0 Å². The summed E-state index contributed by atoms with van der Waals surface area (Å²) >= 11 is 12.1. The third-order valence-corrected chi connectivity index (χ3v) is 4.76. The summed E-state index contributed by atoms with van der Waals surface area (Å²) < 4.78 is 10.7. The lowest BCUT2D eigenvalue weighted by Crippen LogP contribution is -1.90. The lowest BCUT2D eigenvalue weighted by molar-refractivity contribution is 0.395. The highest BCUT2D eigenvalue weighted by molar-refractivity contribution is 6.42. The minimum atomic E-state index is 0.463. The highest BCUT2D eigenvalue weighted by atomic mass is 35.5. The van der Waals surface area contributed by atoms with Crippen LogP contribution in [0, 0.1) is 0 Å². The second-order valence-corrected chi connectivity index (χ2v) is 6.42. The number of hydrogen-bond acceptors (Lipinski definition) is 4. The van der Waals surface area contributed by atoms with Crippen molar-refractivity contribution >= 4 is 34.2 Å². The number of imidazole rings is 1. The molecule has 2 heterocycles. The summed E-state index contributed by atoms with van der Waals surface area (Å²) in [5.74, 6) is 2.03. The van der Waals surface area contributed by atoms with E-state index in [9.17, 15) is 0 Å². The van der Waals surface area contributed by atoms with Crippen molar-refractivity contribution in [3.8, 4) is 34.3 Å². The molecule has 0 fully saturated rings. The van der Waals surface area contributed by atoms with Crippen molar-refractivity contribution in [2.75, 3.05) is 14.2 Å². The molecule has 0 aliphatic carbocycles. The van der Waals surface area contributed by atoms with E-state index < -0.39 is 0 Å². The quantitative estimate of drug-likeness (QED) is 0.518. The Balaban J connectivity index is 1.75. The van der Waals surface area contributed by atoms with E-state index in [-0.39, 0.29) is 0 Å². The van der Waals surface area contributed by atoms with Crippen LogP contribution in [0.5, 0.6) is 11.5 Å². The number of aromatic amines is 2. The van der Waals surface area contributed by atoms with Gasteiger partial charge in [-0.2, -0.15) is 5.10 Å². The second-order valence-electron chi connectivity index (χ2n) is 5.60. The molecule has 4 aromatic rings. The summed E-state index contributed by atoms with van der Waals surface area (Å²) in [4.78, 5) is 7.76. The molecule has 2 N–H and O–H groups in total. The van der Waals surface area contributed by atoms with E-state index in [0.29, 0.717) is 27.4 Å². The minimum absolute atomic E-state index is 0.463. The molecule has 0 spiro atoms. The number of rotatable bonds is 4. The number of halogens is 2. The molecule has 0 unspecified atom stereocenters. The van der Waals surface area contributed by atoms with Gasteiger partial charge in [0.15, 0.2) is 5.82 Å². The van der Waals surface area contributed by atoms with Gasteiger partial charge in [-0.15, -0.1) is 0 Å². The van der Waals surface area contributed by atoms with Gasteiger partial charge in [0.25, 0.3) is 0 Å². The van der Waals surface area contributed by atoms with Crippen molar-refractivity contribution in [3.05, 3.63) is 46.4 Å². The van der Waals surface area contributed by atoms with Crippen molar-refractivity contribution in [1.29, 1.82) is 0 Å². The molecule has 0 aliphatic rings. The molecule has 2 aromatic carbocycles. The van der Waals surface area contributed by atoms with E-state index in [1.807, 2.05) is 24.3 Å². The average Bonchev–Trinajstić information content (AvgIpc) is 3.28. The number of benzene rings is 2. The molecule has 132 valence electrons. The second kappa shape index (κ2) is 6.55. The first kappa shape index (κ1) is 16.8. The van der Waals surface area contributed by atoms with Crippen LogP contribution < -0.4 is 9.47 Å². The van der Waals surface area contributed by atoms with Crippen molar-refractivity contribution in [2.45, 2.75) is 0 Å². The summed E-state index contributed by atoms with van der Waals surface area (Å²) in [6.45, 7) is 0. The number of methoxy groups -OCH3 is 2. The zero-order valence-electron chi connectivity index (χ0n) is 13.9. The number of fused-ring (bicyclic) bond motifs is 1. The standard InChI is InChI=1S/C18H14Cl2N4O2/c1-25-9-3-4-10(17(5-9)26-2)13-8-16(24-23-13)18-21-14-6-11(19)12(20)7-15(14)22-18/h3-8H,1-2H3,(H,21,22)(H,23,24). The van der Waals surface area contributed by atoms with E-state index in [2.05, 4.69) is 20.2 Å². The first-order chi connectivity index (χ1) is 12.6. The maximum Gasteiger partial charge on any atom is 0.156 e. The molecule has 0 saturated heterocycles. The molecule has 0 amide bonds. The van der Waals surface area contributed by atoms with E-state index >= 15 is 0 Å². The number of ether oxygens (including phenoxy) is 2. The molecule has 6 nitrogen and oxygen atoms in total. The average molecular weight is 389 g/mol. The van der Waals surface area contributed by atoms with Gasteiger partial charge in [0.05, 0.1) is 41.0 Å². The summed E-state index contributed by atoms with van der Waals surface area (Å²) in [6.07, 6.45) is 0. The molecular weight excluding hydrogens is 375 g/mol. The van der Waals surface area contributed by atoms with Crippen LogP contribution in [0.15, 0.2) is 36.4 Å². The Kier molecular flexibility index (Phi) is 4.22. The Morgan fingerprint density at radius 3 is 2.54 bits per heavy atom. The van der Waals surface area contributed by atoms with Crippen LogP contribution in [0.4, 0.5) is 0 Å². The maximum atomic E-state index is 6.06. The predicted molar refractivity (Wildman–Crippen MR) is 102 cm³/mol. The molecule has 0 atom stereocenters. The zero-order valence-corrected chi connectivity index (χ0v) is 15.4. The summed E-state index contributed by atoms with van der Waals surface area (Å²) in [6, 6.07) is 10.9. The van der Waals surface area contributed by atoms with E-state index in [0.717, 1.165) is 28.0 Å². The molecule has 26 heavy (non-hydrogen) atoms. The molecule has 0 bridgehead atoms. The van der Waals surface area contributed by atoms with Crippen molar-refractivity contribution in [1.82, 2.24) is 20.2 Å². The molecule has 4 rings (SSSR count). The molecule has 2 aromatic heterocycles. The predicted octanol–water partition coefficient (Wildman–Crippen LogP) is 4.94. The first-order valence-corrected chi connectivity index (χ1v) is 8.47. The van der Waals surface area contributed by atoms with Gasteiger partial charge in [0.2, 0.25) is 0 Å². The van der Waals surface area contributed by atoms with E-state index in [1.165, 1.54) is 0 Å². The van der Waals surface area contributed by atoms with Crippen molar-refractivity contribution in [2.24, 2.45) is 0 Å². The highest BCUT2D eigenvalue weighted by Gasteiger charge is 2.14. The van der Waals surface area contributed by atoms with Crippen LogP contribution in [0.25, 0.3) is 33.8 Å². The van der Waals surface area contributed by atoms with Crippen molar-refractivity contribution in [3.63, 3.8) is 0 Å².